The van der Waals surface area contributed by atoms with Crippen molar-refractivity contribution in [3.8, 4) is 0 Å². The van der Waals surface area contributed by atoms with Gasteiger partial charge >= 0.3 is 0 Å². The van der Waals surface area contributed by atoms with Gasteiger partial charge in [-0.2, -0.15) is 4.99 Å². The van der Waals surface area contributed by atoms with Gasteiger partial charge in [-0.1, -0.05) is 45.4 Å². The van der Waals surface area contributed by atoms with Crippen molar-refractivity contribution in [3.63, 3.8) is 0 Å². The molecule has 0 saturated carbocycles. The normalized spacial score (nSPS) is 25.0. The van der Waals surface area contributed by atoms with E-state index in [9.17, 15) is 13.2 Å². The second-order valence-electron chi connectivity index (χ2n) is 6.71. The highest BCUT2D eigenvalue weighted by atomic mass is 79.9. The molecule has 0 aliphatic carbocycles. The predicted molar refractivity (Wildman–Crippen MR) is 113 cm³/mol. The van der Waals surface area contributed by atoms with Gasteiger partial charge in [0.1, 0.15) is 0 Å². The Balaban J connectivity index is 1.71. The Hall–Kier alpha value is -1.64. The molecule has 0 aromatic heterocycles. The second kappa shape index (κ2) is 7.07. The first-order chi connectivity index (χ1) is 12.8. The number of carbonyl (C=O) groups is 1. The van der Waals surface area contributed by atoms with E-state index >= 15 is 0 Å². The minimum absolute atomic E-state index is 0.0873. The van der Waals surface area contributed by atoms with Crippen LogP contribution in [-0.2, 0) is 9.84 Å². The van der Waals surface area contributed by atoms with Gasteiger partial charge in [-0.25, -0.2) is 8.42 Å². The summed E-state index contributed by atoms with van der Waals surface area (Å²) in [7, 11) is -3.07. The van der Waals surface area contributed by atoms with Crippen molar-refractivity contribution in [1.82, 2.24) is 0 Å². The fourth-order valence-electron chi connectivity index (χ4n) is 3.32. The molecule has 5 nitrogen and oxygen atoms in total. The van der Waals surface area contributed by atoms with Gasteiger partial charge in [0, 0.05) is 21.0 Å². The summed E-state index contributed by atoms with van der Waals surface area (Å²) in [4.78, 5) is 18.9. The first-order valence-corrected chi connectivity index (χ1v) is 11.9. The molecule has 0 radical (unpaired) electrons. The Bertz CT molecular complexity index is 1020. The third-order valence-corrected chi connectivity index (χ3v) is 8.41. The zero-order chi connectivity index (χ0) is 19.2. The van der Waals surface area contributed by atoms with E-state index in [4.69, 9.17) is 0 Å². The molecule has 2 atom stereocenters. The lowest BCUT2D eigenvalue weighted by Crippen LogP contribution is -2.37. The topological polar surface area (TPSA) is 66.8 Å². The third kappa shape index (κ3) is 3.83. The number of hydrogen-bond acceptors (Lipinski definition) is 4. The lowest BCUT2D eigenvalue weighted by Gasteiger charge is -2.24. The Morgan fingerprint density at radius 1 is 1.11 bits per heavy atom. The van der Waals surface area contributed by atoms with Gasteiger partial charge < -0.3 is 4.90 Å². The average Bonchev–Trinajstić information content (AvgIpc) is 3.07. The van der Waals surface area contributed by atoms with E-state index in [0.717, 1.165) is 15.7 Å². The molecule has 2 aliphatic rings. The van der Waals surface area contributed by atoms with Crippen LogP contribution in [0.2, 0.25) is 0 Å². The zero-order valence-corrected chi connectivity index (χ0v) is 17.7. The molecule has 27 heavy (non-hydrogen) atoms. The van der Waals surface area contributed by atoms with Crippen LogP contribution < -0.4 is 4.90 Å². The highest BCUT2D eigenvalue weighted by Gasteiger charge is 2.49. The maximum Gasteiger partial charge on any atom is 0.279 e. The van der Waals surface area contributed by atoms with Crippen LogP contribution in [0.4, 0.5) is 5.69 Å². The van der Waals surface area contributed by atoms with E-state index in [1.54, 1.807) is 24.3 Å². The minimum atomic E-state index is -3.07. The van der Waals surface area contributed by atoms with Gasteiger partial charge in [-0.15, -0.1) is 0 Å². The number of amidine groups is 1. The molecule has 0 spiro atoms. The zero-order valence-electron chi connectivity index (χ0n) is 14.5. The summed E-state index contributed by atoms with van der Waals surface area (Å²) in [6.45, 7) is 2.00. The number of benzene rings is 2. The number of aliphatic imine (C=N–C) groups is 1. The fraction of sp³-hybridized carbons (Fsp3) is 0.263. The van der Waals surface area contributed by atoms with Crippen LogP contribution in [0.15, 0.2) is 58.0 Å². The summed E-state index contributed by atoms with van der Waals surface area (Å²) in [6.07, 6.45) is 0. The summed E-state index contributed by atoms with van der Waals surface area (Å²) in [6, 6.07) is 14.7. The van der Waals surface area contributed by atoms with Crippen LogP contribution in [0, 0.1) is 6.92 Å². The van der Waals surface area contributed by atoms with Crippen LogP contribution in [0.25, 0.3) is 0 Å². The molecule has 2 fully saturated rings. The summed E-state index contributed by atoms with van der Waals surface area (Å²) < 4.78 is 25.1. The van der Waals surface area contributed by atoms with E-state index in [-0.39, 0.29) is 28.7 Å². The number of amides is 1. The van der Waals surface area contributed by atoms with Gasteiger partial charge in [0.25, 0.3) is 5.91 Å². The molecule has 0 N–H and O–H groups in total. The molecule has 2 aromatic carbocycles. The first kappa shape index (κ1) is 18.7. The number of nitrogens with zero attached hydrogens (tertiary/aromatic N) is 2. The van der Waals surface area contributed by atoms with Crippen molar-refractivity contribution < 1.29 is 13.2 Å². The molecule has 0 unspecified atom stereocenters. The minimum Gasteiger partial charge on any atom is -0.316 e. The largest absolute Gasteiger partial charge is 0.316 e. The molecular formula is C19H17BrN2O3S2. The van der Waals surface area contributed by atoms with Crippen LogP contribution in [-0.4, -0.2) is 42.3 Å². The molecule has 2 aromatic rings. The first-order valence-electron chi connectivity index (χ1n) is 8.44. The number of sulfone groups is 1. The van der Waals surface area contributed by atoms with Gasteiger partial charge in [0.15, 0.2) is 15.0 Å². The average molecular weight is 465 g/mol. The smallest absolute Gasteiger partial charge is 0.279 e. The van der Waals surface area contributed by atoms with Crippen LogP contribution in [0.1, 0.15) is 15.9 Å². The van der Waals surface area contributed by atoms with Crippen LogP contribution >= 0.6 is 27.7 Å². The van der Waals surface area contributed by atoms with E-state index < -0.39 is 9.84 Å². The van der Waals surface area contributed by atoms with Crippen molar-refractivity contribution in [2.24, 2.45) is 4.99 Å². The monoisotopic (exact) mass is 464 g/mol. The number of anilines is 1. The molecule has 2 aliphatic heterocycles. The highest BCUT2D eigenvalue weighted by Crippen LogP contribution is 2.41. The number of halogens is 1. The number of fused-ring (bicyclic) bond motifs is 1. The van der Waals surface area contributed by atoms with E-state index in [1.807, 2.05) is 36.1 Å². The fourth-order valence-corrected chi connectivity index (χ4v) is 7.49. The number of rotatable bonds is 2. The lowest BCUT2D eigenvalue weighted by molar-refractivity contribution is 0.100. The Labute approximate surface area is 170 Å². The Morgan fingerprint density at radius 2 is 1.78 bits per heavy atom. The summed E-state index contributed by atoms with van der Waals surface area (Å²) >= 11 is 4.74. The molecule has 0 bridgehead atoms. The summed E-state index contributed by atoms with van der Waals surface area (Å²) in [5.41, 5.74) is 2.48. The Morgan fingerprint density at radius 3 is 2.44 bits per heavy atom. The standard InChI is InChI=1S/C19H17BrN2O3S2/c1-12-2-8-15(9-3-12)22-16-10-27(24,25)11-17(16)26-19(22)21-18(23)13-4-6-14(20)7-5-13/h2-9,16-17H,10-11H2,1H3/t16-,17-/m1/s1. The Kier molecular flexibility index (Phi) is 4.90. The van der Waals surface area contributed by atoms with Crippen LogP contribution in [0.3, 0.4) is 0 Å². The number of carbonyl (C=O) groups excluding carboxylic acids is 1. The van der Waals surface area contributed by atoms with E-state index in [0.29, 0.717) is 10.7 Å². The van der Waals surface area contributed by atoms with Crippen LogP contribution in [0.5, 0.6) is 0 Å². The third-order valence-electron chi connectivity index (χ3n) is 4.67. The summed E-state index contributed by atoms with van der Waals surface area (Å²) in [5.74, 6) is -0.120. The van der Waals surface area contributed by atoms with Crippen molar-refractivity contribution >= 4 is 54.3 Å². The SMILES string of the molecule is Cc1ccc(N2C(=NC(=O)c3ccc(Br)cc3)S[C@@H]3CS(=O)(=O)C[C@H]32)cc1. The van der Waals surface area contributed by atoms with E-state index in [1.165, 1.54) is 11.8 Å². The van der Waals surface area contributed by atoms with Gasteiger partial charge in [0.05, 0.1) is 17.5 Å². The molecule has 4 rings (SSSR count). The lowest BCUT2D eigenvalue weighted by atomic mass is 10.1. The molecule has 140 valence electrons. The number of thioether (sulfide) groups is 1. The summed E-state index contributed by atoms with van der Waals surface area (Å²) in [5, 5.41) is 0.462. The van der Waals surface area contributed by atoms with E-state index in [2.05, 4.69) is 20.9 Å². The molecule has 8 heteroatoms. The van der Waals surface area contributed by atoms with Crippen molar-refractivity contribution in [1.29, 1.82) is 0 Å². The maximum atomic E-state index is 12.6. The van der Waals surface area contributed by atoms with Gasteiger partial charge in [-0.05, 0) is 43.3 Å². The van der Waals surface area contributed by atoms with Crippen molar-refractivity contribution in [3.05, 3.63) is 64.1 Å². The van der Waals surface area contributed by atoms with Crippen molar-refractivity contribution in [2.45, 2.75) is 18.2 Å². The second-order valence-corrected chi connectivity index (χ2v) is 11.0. The predicted octanol–water partition coefficient (Wildman–Crippen LogP) is 3.67. The molecule has 1 amide bonds. The molecule has 2 heterocycles. The van der Waals surface area contributed by atoms with Gasteiger partial charge in [0.2, 0.25) is 0 Å². The molecule has 2 saturated heterocycles. The molecular weight excluding hydrogens is 448 g/mol. The van der Waals surface area contributed by atoms with Crippen molar-refractivity contribution in [2.75, 3.05) is 16.4 Å². The highest BCUT2D eigenvalue weighted by molar-refractivity contribution is 9.10. The quantitative estimate of drug-likeness (QED) is 0.677. The number of hydrogen-bond donors (Lipinski definition) is 0. The van der Waals surface area contributed by atoms with Gasteiger partial charge in [-0.3, -0.25) is 4.79 Å². The number of aryl methyl sites for hydroxylation is 1. The maximum absolute atomic E-state index is 12.6.